The predicted octanol–water partition coefficient (Wildman–Crippen LogP) is -0.0617. The molecule has 0 bridgehead atoms. The number of carbonyl (C=O) groups is 1. The predicted molar refractivity (Wildman–Crippen MR) is 40.1 cm³/mol. The molecule has 0 aromatic carbocycles. The lowest BCUT2D eigenvalue weighted by molar-refractivity contribution is -0.116. The largest absolute Gasteiger partial charge is 0.292 e. The summed E-state index contributed by atoms with van der Waals surface area (Å²) in [5, 5.41) is 15.3. The second kappa shape index (κ2) is 2.88. The Morgan fingerprint density at radius 3 is 3.08 bits per heavy atom. The van der Waals surface area contributed by atoms with E-state index in [0.717, 1.165) is 0 Å². The molecular formula is C6H9N5O. The summed E-state index contributed by atoms with van der Waals surface area (Å²) in [5.41, 5.74) is 0. The Kier molecular flexibility index (Phi) is 1.73. The fourth-order valence-corrected chi connectivity index (χ4v) is 0.975. The van der Waals surface area contributed by atoms with Crippen molar-refractivity contribution in [1.82, 2.24) is 20.6 Å². The van der Waals surface area contributed by atoms with Gasteiger partial charge in [0.25, 0.3) is 5.95 Å². The minimum absolute atomic E-state index is 0.0288. The molecule has 0 spiro atoms. The highest BCUT2D eigenvalue weighted by atomic mass is 16.1. The van der Waals surface area contributed by atoms with Gasteiger partial charge < -0.3 is 0 Å². The van der Waals surface area contributed by atoms with Crippen LogP contribution in [0.4, 0.5) is 5.95 Å². The van der Waals surface area contributed by atoms with Gasteiger partial charge in [0.2, 0.25) is 5.91 Å². The summed E-state index contributed by atoms with van der Waals surface area (Å²) in [6, 6.07) is 0. The fourth-order valence-electron chi connectivity index (χ4n) is 0.975. The number of carbonyl (C=O) groups excluding carboxylic acids is 1. The molecule has 64 valence electrons. The van der Waals surface area contributed by atoms with Gasteiger partial charge in [-0.3, -0.25) is 10.1 Å². The number of aromatic nitrogens is 4. The zero-order chi connectivity index (χ0) is 8.39. The Morgan fingerprint density at radius 1 is 1.67 bits per heavy atom. The number of anilines is 1. The number of aromatic amines is 1. The van der Waals surface area contributed by atoms with E-state index in [1.807, 2.05) is 0 Å². The van der Waals surface area contributed by atoms with Crippen LogP contribution in [0.3, 0.4) is 0 Å². The van der Waals surface area contributed by atoms with Crippen molar-refractivity contribution < 1.29 is 4.79 Å². The Bertz CT molecular complexity index is 265. The van der Waals surface area contributed by atoms with E-state index < -0.39 is 0 Å². The van der Waals surface area contributed by atoms with Crippen molar-refractivity contribution in [2.24, 2.45) is 5.92 Å². The van der Waals surface area contributed by atoms with Crippen molar-refractivity contribution in [1.29, 1.82) is 0 Å². The summed E-state index contributed by atoms with van der Waals surface area (Å²) in [6.07, 6.45) is 2.91. The van der Waals surface area contributed by atoms with Gasteiger partial charge in [-0.15, -0.1) is 5.10 Å². The first-order valence-corrected chi connectivity index (χ1v) is 3.88. The first kappa shape index (κ1) is 7.20. The molecule has 1 aliphatic rings. The average molecular weight is 167 g/mol. The van der Waals surface area contributed by atoms with E-state index in [0.29, 0.717) is 12.3 Å². The van der Waals surface area contributed by atoms with Crippen molar-refractivity contribution in [3.8, 4) is 0 Å². The molecule has 12 heavy (non-hydrogen) atoms. The fraction of sp³-hybridized carbons (Fsp3) is 0.667. The summed E-state index contributed by atoms with van der Waals surface area (Å²) in [4.78, 5) is 11.1. The second-order valence-corrected chi connectivity index (χ2v) is 2.93. The molecule has 2 rings (SSSR count). The van der Waals surface area contributed by atoms with Crippen LogP contribution in [0.2, 0.25) is 0 Å². The zero-order valence-corrected chi connectivity index (χ0v) is 6.45. The van der Waals surface area contributed by atoms with Gasteiger partial charge in [0, 0.05) is 6.42 Å². The number of hydrogen-bond donors (Lipinski definition) is 2. The van der Waals surface area contributed by atoms with Crippen LogP contribution < -0.4 is 5.32 Å². The lowest BCUT2D eigenvalue weighted by Gasteiger charge is -1.96. The summed E-state index contributed by atoms with van der Waals surface area (Å²) >= 11 is 0. The molecule has 1 saturated carbocycles. The van der Waals surface area contributed by atoms with Crippen LogP contribution >= 0.6 is 0 Å². The highest BCUT2D eigenvalue weighted by Gasteiger charge is 2.24. The Labute approximate surface area is 68.7 Å². The molecule has 1 aromatic heterocycles. The Balaban J connectivity index is 1.82. The Morgan fingerprint density at radius 2 is 2.50 bits per heavy atom. The summed E-state index contributed by atoms with van der Waals surface area (Å²) in [7, 11) is 0. The normalized spacial score (nSPS) is 16.0. The first-order chi connectivity index (χ1) is 5.84. The van der Waals surface area contributed by atoms with Crippen LogP contribution in [0.15, 0.2) is 0 Å². The second-order valence-electron chi connectivity index (χ2n) is 2.93. The molecule has 0 unspecified atom stereocenters. The maximum atomic E-state index is 11.1. The molecule has 0 atom stereocenters. The molecule has 6 nitrogen and oxygen atoms in total. The molecule has 6 heteroatoms. The summed E-state index contributed by atoms with van der Waals surface area (Å²) in [6.45, 7) is 0. The van der Waals surface area contributed by atoms with Crippen LogP contribution in [0, 0.1) is 5.92 Å². The topological polar surface area (TPSA) is 83.6 Å². The number of tetrazole rings is 1. The van der Waals surface area contributed by atoms with Crippen molar-refractivity contribution in [3.63, 3.8) is 0 Å². The number of H-pyrrole nitrogens is 1. The van der Waals surface area contributed by atoms with E-state index in [1.54, 1.807) is 0 Å². The van der Waals surface area contributed by atoms with E-state index in [1.165, 1.54) is 12.8 Å². The summed E-state index contributed by atoms with van der Waals surface area (Å²) < 4.78 is 0. The van der Waals surface area contributed by atoms with Gasteiger partial charge in [0.1, 0.15) is 0 Å². The molecule has 1 amide bonds. The Hall–Kier alpha value is -1.46. The maximum absolute atomic E-state index is 11.1. The van der Waals surface area contributed by atoms with E-state index in [-0.39, 0.29) is 11.9 Å². The van der Waals surface area contributed by atoms with Gasteiger partial charge in [0.15, 0.2) is 0 Å². The SMILES string of the molecule is O=C(CC1CC1)Nc1nn[nH]n1. The van der Waals surface area contributed by atoms with Crippen molar-refractivity contribution in [2.45, 2.75) is 19.3 Å². The van der Waals surface area contributed by atoms with Gasteiger partial charge in [-0.05, 0) is 24.0 Å². The number of nitrogens with zero attached hydrogens (tertiary/aromatic N) is 3. The zero-order valence-electron chi connectivity index (χ0n) is 6.45. The standard InChI is InChI=1S/C6H9N5O/c12-5(3-4-1-2-4)7-6-8-10-11-9-6/h4H,1-3H2,(H2,7,8,9,10,11,12). The number of amides is 1. The smallest absolute Gasteiger partial charge is 0.269 e. The molecular weight excluding hydrogens is 158 g/mol. The van der Waals surface area contributed by atoms with Crippen LogP contribution in [0.25, 0.3) is 0 Å². The average Bonchev–Trinajstić information content (AvgIpc) is 2.66. The minimum Gasteiger partial charge on any atom is -0.292 e. The number of hydrogen-bond acceptors (Lipinski definition) is 4. The van der Waals surface area contributed by atoms with Crippen LogP contribution in [0.5, 0.6) is 0 Å². The van der Waals surface area contributed by atoms with Crippen molar-refractivity contribution >= 4 is 11.9 Å². The quantitative estimate of drug-likeness (QED) is 0.660. The summed E-state index contributed by atoms with van der Waals surface area (Å²) in [5.74, 6) is 0.802. The van der Waals surface area contributed by atoms with E-state index in [2.05, 4.69) is 25.9 Å². The first-order valence-electron chi connectivity index (χ1n) is 3.88. The van der Waals surface area contributed by atoms with Crippen molar-refractivity contribution in [2.75, 3.05) is 5.32 Å². The molecule has 1 fully saturated rings. The van der Waals surface area contributed by atoms with Gasteiger partial charge in [0.05, 0.1) is 0 Å². The molecule has 0 saturated heterocycles. The van der Waals surface area contributed by atoms with E-state index in [9.17, 15) is 4.79 Å². The third kappa shape index (κ3) is 1.77. The van der Waals surface area contributed by atoms with Gasteiger partial charge >= 0.3 is 0 Å². The van der Waals surface area contributed by atoms with Crippen molar-refractivity contribution in [3.05, 3.63) is 0 Å². The molecule has 0 radical (unpaired) electrons. The number of rotatable bonds is 3. The van der Waals surface area contributed by atoms with Gasteiger partial charge in [-0.1, -0.05) is 5.10 Å². The highest BCUT2D eigenvalue weighted by molar-refractivity contribution is 5.89. The van der Waals surface area contributed by atoms with Crippen LogP contribution in [-0.2, 0) is 4.79 Å². The van der Waals surface area contributed by atoms with E-state index >= 15 is 0 Å². The third-order valence-corrected chi connectivity index (χ3v) is 1.77. The molecule has 1 aromatic rings. The molecule has 2 N–H and O–H groups in total. The third-order valence-electron chi connectivity index (χ3n) is 1.77. The van der Waals surface area contributed by atoms with Crippen LogP contribution in [0.1, 0.15) is 19.3 Å². The lowest BCUT2D eigenvalue weighted by atomic mass is 10.3. The van der Waals surface area contributed by atoms with E-state index in [4.69, 9.17) is 0 Å². The molecule has 1 aliphatic carbocycles. The van der Waals surface area contributed by atoms with Gasteiger partial charge in [-0.2, -0.15) is 5.21 Å². The minimum atomic E-state index is -0.0288. The van der Waals surface area contributed by atoms with Crippen LogP contribution in [-0.4, -0.2) is 26.5 Å². The monoisotopic (exact) mass is 167 g/mol. The maximum Gasteiger partial charge on any atom is 0.269 e. The highest BCUT2D eigenvalue weighted by Crippen LogP contribution is 2.32. The lowest BCUT2D eigenvalue weighted by Crippen LogP contribution is -2.12. The number of nitrogens with one attached hydrogen (secondary N) is 2. The van der Waals surface area contributed by atoms with Gasteiger partial charge in [-0.25, -0.2) is 0 Å². The molecule has 0 aliphatic heterocycles. The molecule has 1 heterocycles.